The van der Waals surface area contributed by atoms with Gasteiger partial charge in [-0.05, 0) is 13.5 Å². The summed E-state index contributed by atoms with van der Waals surface area (Å²) < 4.78 is 5.16. The topological polar surface area (TPSA) is 55.6 Å². The average molecular weight is 200 g/mol. The Balaban J connectivity index is 0.000000255. The first kappa shape index (κ1) is 13.1. The van der Waals surface area contributed by atoms with Gasteiger partial charge in [-0.3, -0.25) is 9.69 Å². The minimum atomic E-state index is -0.435. The molecule has 0 atom stereocenters. The summed E-state index contributed by atoms with van der Waals surface area (Å²) in [6.07, 6.45) is 0. The van der Waals surface area contributed by atoms with E-state index in [9.17, 15) is 4.79 Å². The van der Waals surface area contributed by atoms with Gasteiger partial charge in [0, 0.05) is 18.7 Å². The number of ether oxygens (including phenoxy) is 1. The van der Waals surface area contributed by atoms with E-state index < -0.39 is 5.91 Å². The molecular weight excluding hydrogens is 180 g/mol. The molecule has 0 bridgehead atoms. The van der Waals surface area contributed by atoms with E-state index in [1.54, 1.807) is 6.92 Å². The quantitative estimate of drug-likeness (QED) is 0.656. The first-order chi connectivity index (χ1) is 6.57. The van der Waals surface area contributed by atoms with Crippen LogP contribution in [0.2, 0.25) is 0 Å². The third-order valence-electron chi connectivity index (χ3n) is 1.97. The first-order valence-corrected chi connectivity index (χ1v) is 4.83. The van der Waals surface area contributed by atoms with Gasteiger partial charge in [-0.2, -0.15) is 0 Å². The summed E-state index contributed by atoms with van der Waals surface area (Å²) >= 11 is 0. The Morgan fingerprint density at radius 3 is 2.14 bits per heavy atom. The highest BCUT2D eigenvalue weighted by molar-refractivity contribution is 5.90. The van der Waals surface area contributed by atoms with E-state index in [2.05, 4.69) is 18.4 Å². The molecule has 0 aromatic rings. The average Bonchev–Trinajstić information content (AvgIpc) is 2.20. The predicted octanol–water partition coefficient (Wildman–Crippen LogP) is 0.386. The van der Waals surface area contributed by atoms with Gasteiger partial charge in [-0.1, -0.05) is 13.5 Å². The highest BCUT2D eigenvalue weighted by Crippen LogP contribution is 1.93. The van der Waals surface area contributed by atoms with Crippen molar-refractivity contribution in [3.05, 3.63) is 12.2 Å². The van der Waals surface area contributed by atoms with Crippen molar-refractivity contribution in [3.8, 4) is 0 Å². The number of primary amides is 1. The second kappa shape index (κ2) is 7.53. The van der Waals surface area contributed by atoms with Gasteiger partial charge >= 0.3 is 0 Å². The fourth-order valence-corrected chi connectivity index (χ4v) is 0.917. The minimum absolute atomic E-state index is 0.398. The van der Waals surface area contributed by atoms with Crippen LogP contribution >= 0.6 is 0 Å². The van der Waals surface area contributed by atoms with Crippen molar-refractivity contribution in [2.24, 2.45) is 5.73 Å². The molecule has 0 spiro atoms. The van der Waals surface area contributed by atoms with E-state index in [0.29, 0.717) is 5.57 Å². The summed E-state index contributed by atoms with van der Waals surface area (Å²) in [7, 11) is 0. The Morgan fingerprint density at radius 2 is 1.93 bits per heavy atom. The Morgan fingerprint density at radius 1 is 1.50 bits per heavy atom. The molecule has 1 aliphatic heterocycles. The monoisotopic (exact) mass is 200 g/mol. The number of carbonyl (C=O) groups is 1. The smallest absolute Gasteiger partial charge is 0.243 e. The zero-order valence-corrected chi connectivity index (χ0v) is 9.08. The number of nitrogens with two attached hydrogens (primary N) is 1. The third-order valence-corrected chi connectivity index (χ3v) is 1.97. The van der Waals surface area contributed by atoms with Crippen molar-refractivity contribution in [3.63, 3.8) is 0 Å². The molecule has 0 aromatic heterocycles. The van der Waals surface area contributed by atoms with Gasteiger partial charge in [0.05, 0.1) is 13.2 Å². The molecule has 1 fully saturated rings. The van der Waals surface area contributed by atoms with Gasteiger partial charge in [-0.25, -0.2) is 0 Å². The molecule has 1 rings (SSSR count). The van der Waals surface area contributed by atoms with Crippen molar-refractivity contribution in [2.75, 3.05) is 32.8 Å². The lowest BCUT2D eigenvalue weighted by molar-refractivity contribution is -0.114. The zero-order chi connectivity index (χ0) is 11.0. The van der Waals surface area contributed by atoms with E-state index in [0.717, 1.165) is 26.3 Å². The molecule has 82 valence electrons. The number of hydrogen-bond donors (Lipinski definition) is 1. The number of morpholine rings is 1. The van der Waals surface area contributed by atoms with E-state index >= 15 is 0 Å². The molecule has 4 heteroatoms. The molecule has 0 aromatic carbocycles. The summed E-state index contributed by atoms with van der Waals surface area (Å²) in [5, 5.41) is 0. The van der Waals surface area contributed by atoms with Gasteiger partial charge in [0.25, 0.3) is 0 Å². The van der Waals surface area contributed by atoms with Crippen LogP contribution in [0.15, 0.2) is 12.2 Å². The Hall–Kier alpha value is -0.870. The van der Waals surface area contributed by atoms with Gasteiger partial charge in [0.15, 0.2) is 0 Å². The molecular formula is C10H20N2O2. The molecule has 1 saturated heterocycles. The van der Waals surface area contributed by atoms with Crippen molar-refractivity contribution in [2.45, 2.75) is 13.8 Å². The standard InChI is InChI=1S/C6H13NO.C4H7NO/c1-2-7-3-5-8-6-4-7;1-3(2)4(5)6/h2-6H2,1H3;1H2,2H3,(H2,5,6). The third kappa shape index (κ3) is 6.62. The number of hydrogen-bond acceptors (Lipinski definition) is 3. The molecule has 4 nitrogen and oxygen atoms in total. The lowest BCUT2D eigenvalue weighted by atomic mass is 10.3. The zero-order valence-electron chi connectivity index (χ0n) is 9.08. The van der Waals surface area contributed by atoms with Gasteiger partial charge in [-0.15, -0.1) is 0 Å². The van der Waals surface area contributed by atoms with Crippen LogP contribution in [0.5, 0.6) is 0 Å². The Labute approximate surface area is 85.7 Å². The van der Waals surface area contributed by atoms with Crippen LogP contribution in [0.4, 0.5) is 0 Å². The SMILES string of the molecule is C=C(C)C(N)=O.CCN1CCOCC1. The van der Waals surface area contributed by atoms with Crippen LogP contribution in [0.3, 0.4) is 0 Å². The summed E-state index contributed by atoms with van der Waals surface area (Å²) in [6, 6.07) is 0. The fraction of sp³-hybridized carbons (Fsp3) is 0.700. The summed E-state index contributed by atoms with van der Waals surface area (Å²) in [5.41, 5.74) is 5.09. The number of rotatable bonds is 2. The minimum Gasteiger partial charge on any atom is -0.379 e. The summed E-state index contributed by atoms with van der Waals surface area (Å²) in [4.78, 5) is 12.2. The molecule has 0 aliphatic carbocycles. The molecule has 0 saturated carbocycles. The Bertz CT molecular complexity index is 175. The highest BCUT2D eigenvalue weighted by Gasteiger charge is 2.05. The number of nitrogens with zero attached hydrogens (tertiary/aromatic N) is 1. The second-order valence-electron chi connectivity index (χ2n) is 3.19. The highest BCUT2D eigenvalue weighted by atomic mass is 16.5. The van der Waals surface area contributed by atoms with Gasteiger partial charge in [0.2, 0.25) is 5.91 Å². The largest absolute Gasteiger partial charge is 0.379 e. The number of amides is 1. The van der Waals surface area contributed by atoms with E-state index in [1.165, 1.54) is 6.54 Å². The van der Waals surface area contributed by atoms with Crippen LogP contribution in [-0.2, 0) is 9.53 Å². The van der Waals surface area contributed by atoms with Crippen LogP contribution < -0.4 is 5.73 Å². The normalized spacial score (nSPS) is 16.7. The van der Waals surface area contributed by atoms with Crippen LogP contribution in [0.25, 0.3) is 0 Å². The lowest BCUT2D eigenvalue weighted by Crippen LogP contribution is -2.35. The van der Waals surface area contributed by atoms with Crippen molar-refractivity contribution in [1.82, 2.24) is 4.90 Å². The molecule has 1 amide bonds. The maximum Gasteiger partial charge on any atom is 0.243 e. The molecule has 1 aliphatic rings. The lowest BCUT2D eigenvalue weighted by Gasteiger charge is -2.24. The van der Waals surface area contributed by atoms with Gasteiger partial charge < -0.3 is 10.5 Å². The van der Waals surface area contributed by atoms with Crippen molar-refractivity contribution >= 4 is 5.91 Å². The maximum absolute atomic E-state index is 9.82. The van der Waals surface area contributed by atoms with Gasteiger partial charge in [0.1, 0.15) is 0 Å². The number of likely N-dealkylation sites (N-methyl/N-ethyl adjacent to an activating group) is 1. The number of carbonyl (C=O) groups excluding carboxylic acids is 1. The predicted molar refractivity (Wildman–Crippen MR) is 56.9 cm³/mol. The van der Waals surface area contributed by atoms with Crippen molar-refractivity contribution < 1.29 is 9.53 Å². The Kier molecular flexibility index (Phi) is 7.06. The molecule has 1 heterocycles. The van der Waals surface area contributed by atoms with E-state index in [4.69, 9.17) is 10.5 Å². The van der Waals surface area contributed by atoms with Crippen LogP contribution in [0, 0.1) is 0 Å². The molecule has 0 radical (unpaired) electrons. The van der Waals surface area contributed by atoms with Crippen molar-refractivity contribution in [1.29, 1.82) is 0 Å². The first-order valence-electron chi connectivity index (χ1n) is 4.83. The van der Waals surface area contributed by atoms with Crippen LogP contribution in [-0.4, -0.2) is 43.7 Å². The molecule has 2 N–H and O–H groups in total. The fourth-order valence-electron chi connectivity index (χ4n) is 0.917. The summed E-state index contributed by atoms with van der Waals surface area (Å²) in [5.74, 6) is -0.435. The van der Waals surface area contributed by atoms with Crippen LogP contribution in [0.1, 0.15) is 13.8 Å². The van der Waals surface area contributed by atoms with E-state index in [1.807, 2.05) is 0 Å². The molecule has 0 unspecified atom stereocenters. The van der Waals surface area contributed by atoms with E-state index in [-0.39, 0.29) is 0 Å². The second-order valence-corrected chi connectivity index (χ2v) is 3.19. The summed E-state index contributed by atoms with van der Waals surface area (Å²) in [6.45, 7) is 12.3. The molecule has 14 heavy (non-hydrogen) atoms. The maximum atomic E-state index is 9.82.